The summed E-state index contributed by atoms with van der Waals surface area (Å²) < 4.78 is 52.4. The van der Waals surface area contributed by atoms with E-state index in [1.165, 1.54) is 23.5 Å². The predicted molar refractivity (Wildman–Crippen MR) is 176 cm³/mol. The van der Waals surface area contributed by atoms with Crippen molar-refractivity contribution in [3.8, 4) is 0 Å². The lowest BCUT2D eigenvalue weighted by molar-refractivity contribution is 0.217. The van der Waals surface area contributed by atoms with Gasteiger partial charge in [0.15, 0.2) is 20.0 Å². The molecule has 2 atom stereocenters. The second kappa shape index (κ2) is 13.7. The second-order valence-electron chi connectivity index (χ2n) is 10.4. The van der Waals surface area contributed by atoms with E-state index in [-0.39, 0.29) is 45.4 Å². The molecule has 0 unspecified atom stereocenters. The molecule has 2 aromatic heterocycles. The molecule has 232 valence electrons. The van der Waals surface area contributed by atoms with Crippen LogP contribution in [0.2, 0.25) is 0 Å². The summed E-state index contributed by atoms with van der Waals surface area (Å²) in [5, 5.41) is 0.921. The van der Waals surface area contributed by atoms with E-state index in [2.05, 4.69) is 34.2 Å². The molecule has 1 saturated carbocycles. The molecule has 8 nitrogen and oxygen atoms in total. The Bertz CT molecular complexity index is 1680. The fourth-order valence-corrected chi connectivity index (χ4v) is 8.76. The standard InChI is InChI=1S/C32H36N4O4S4/c1-5-41-25-19-23(34-32(35-25)44(39,40)8-4)29-27(21-15-11-9-12-16-21)30(28(29)22-17-13-10-14-18-22)24-20-26(43(37,38)7-3)36-31(33-24)42-6-2/h9-20,27-30H,5-8H2,1-4H3/t27-,28-,29-,30-/m0/s1. The average Bonchev–Trinajstić information content (AvgIpc) is 3.02. The van der Waals surface area contributed by atoms with Crippen molar-refractivity contribution >= 4 is 43.2 Å². The second-order valence-corrected chi connectivity index (χ2v) is 17.3. The molecule has 1 aliphatic rings. The molecule has 1 fully saturated rings. The van der Waals surface area contributed by atoms with E-state index in [1.54, 1.807) is 19.9 Å². The van der Waals surface area contributed by atoms with Gasteiger partial charge in [0.25, 0.3) is 0 Å². The Morgan fingerprint density at radius 3 is 1.61 bits per heavy atom. The van der Waals surface area contributed by atoms with Gasteiger partial charge < -0.3 is 0 Å². The number of rotatable bonds is 12. The van der Waals surface area contributed by atoms with Gasteiger partial charge in [0.05, 0.1) is 22.9 Å². The zero-order valence-electron chi connectivity index (χ0n) is 25.1. The number of benzene rings is 2. The van der Waals surface area contributed by atoms with Crippen LogP contribution in [0.25, 0.3) is 0 Å². The van der Waals surface area contributed by atoms with E-state index < -0.39 is 19.7 Å². The van der Waals surface area contributed by atoms with Crippen molar-refractivity contribution in [3.63, 3.8) is 0 Å². The lowest BCUT2D eigenvalue weighted by Crippen LogP contribution is -2.41. The van der Waals surface area contributed by atoms with Gasteiger partial charge in [-0.3, -0.25) is 0 Å². The van der Waals surface area contributed by atoms with Gasteiger partial charge in [-0.05, 0) is 34.8 Å². The summed E-state index contributed by atoms with van der Waals surface area (Å²) in [7, 11) is -7.27. The third kappa shape index (κ3) is 6.59. The largest absolute Gasteiger partial charge is 0.248 e. The van der Waals surface area contributed by atoms with Crippen LogP contribution in [0, 0.1) is 0 Å². The molecule has 0 spiro atoms. The molecule has 5 rings (SSSR count). The van der Waals surface area contributed by atoms with Crippen molar-refractivity contribution in [1.29, 1.82) is 0 Å². The number of aromatic nitrogens is 4. The Balaban J connectivity index is 1.78. The van der Waals surface area contributed by atoms with E-state index in [0.717, 1.165) is 16.9 Å². The summed E-state index contributed by atoms with van der Waals surface area (Å²) in [6.45, 7) is 7.20. The molecule has 0 saturated heterocycles. The first kappa shape index (κ1) is 32.6. The van der Waals surface area contributed by atoms with Gasteiger partial charge >= 0.3 is 0 Å². The number of nitrogens with zero attached hydrogens (tertiary/aromatic N) is 4. The maximum absolute atomic E-state index is 13.1. The molecular weight excluding hydrogens is 633 g/mol. The van der Waals surface area contributed by atoms with Gasteiger partial charge in [0.1, 0.15) is 5.03 Å². The molecule has 4 aromatic rings. The predicted octanol–water partition coefficient (Wildman–Crippen LogP) is 6.53. The SMILES string of the molecule is CCSc1cc([C@H]2[C@H](c3ccccc3)[C@H](c3cc(S(=O)(=O)CC)nc(SCC)n3)[C@H]2c2ccccc2)nc(S(=O)(=O)CC)n1. The zero-order valence-corrected chi connectivity index (χ0v) is 28.4. The quantitative estimate of drug-likeness (QED) is 0.0937. The molecule has 0 amide bonds. The highest BCUT2D eigenvalue weighted by atomic mass is 32.2. The Labute approximate surface area is 268 Å². The highest BCUT2D eigenvalue weighted by Crippen LogP contribution is 2.66. The lowest BCUT2D eigenvalue weighted by atomic mass is 9.50. The van der Waals surface area contributed by atoms with Crippen LogP contribution in [-0.4, -0.2) is 59.8 Å². The van der Waals surface area contributed by atoms with E-state index in [0.29, 0.717) is 27.3 Å². The van der Waals surface area contributed by atoms with E-state index in [4.69, 9.17) is 9.97 Å². The summed E-state index contributed by atoms with van der Waals surface area (Å²) in [5.74, 6) is 0.478. The Morgan fingerprint density at radius 1 is 0.591 bits per heavy atom. The topological polar surface area (TPSA) is 120 Å². The van der Waals surface area contributed by atoms with Gasteiger partial charge in [0.2, 0.25) is 15.0 Å². The Kier molecular flexibility index (Phi) is 10.1. The fourth-order valence-electron chi connectivity index (χ4n) is 5.84. The van der Waals surface area contributed by atoms with Gasteiger partial charge in [-0.1, -0.05) is 100 Å². The minimum atomic E-state index is -3.67. The third-order valence-electron chi connectivity index (χ3n) is 7.93. The molecule has 12 heteroatoms. The smallest absolute Gasteiger partial charge is 0.227 e. The normalized spacial score (nSPS) is 20.3. The number of sulfone groups is 2. The van der Waals surface area contributed by atoms with Gasteiger partial charge in [-0.25, -0.2) is 36.8 Å². The Morgan fingerprint density at radius 2 is 1.11 bits per heavy atom. The first-order valence-electron chi connectivity index (χ1n) is 14.7. The van der Waals surface area contributed by atoms with Crippen LogP contribution in [0.5, 0.6) is 0 Å². The van der Waals surface area contributed by atoms with Crippen molar-refractivity contribution in [3.05, 3.63) is 95.3 Å². The van der Waals surface area contributed by atoms with E-state index in [9.17, 15) is 16.8 Å². The van der Waals surface area contributed by atoms with Crippen molar-refractivity contribution in [2.45, 2.75) is 71.7 Å². The number of hydrogen-bond acceptors (Lipinski definition) is 10. The first-order chi connectivity index (χ1) is 21.1. The van der Waals surface area contributed by atoms with Crippen molar-refractivity contribution in [2.75, 3.05) is 23.0 Å². The molecule has 0 radical (unpaired) electrons. The van der Waals surface area contributed by atoms with E-state index >= 15 is 0 Å². The molecule has 2 aromatic carbocycles. The van der Waals surface area contributed by atoms with Crippen LogP contribution in [0.3, 0.4) is 0 Å². The minimum Gasteiger partial charge on any atom is -0.227 e. The average molecular weight is 669 g/mol. The minimum absolute atomic E-state index is 0.0306. The summed E-state index contributed by atoms with van der Waals surface area (Å²) in [6, 6.07) is 23.6. The van der Waals surface area contributed by atoms with Crippen LogP contribution in [0.1, 0.15) is 73.9 Å². The van der Waals surface area contributed by atoms with Crippen molar-refractivity contribution in [2.24, 2.45) is 0 Å². The van der Waals surface area contributed by atoms with Gasteiger partial charge in [-0.15, -0.1) is 11.8 Å². The highest BCUT2D eigenvalue weighted by Gasteiger charge is 2.54. The fraction of sp³-hybridized carbons (Fsp3) is 0.375. The number of hydrogen-bond donors (Lipinski definition) is 0. The molecule has 44 heavy (non-hydrogen) atoms. The summed E-state index contributed by atoms with van der Waals surface area (Å²) in [4.78, 5) is 18.5. The Hall–Kier alpha value is -2.80. The van der Waals surface area contributed by atoms with Crippen molar-refractivity contribution in [1.82, 2.24) is 19.9 Å². The van der Waals surface area contributed by atoms with Crippen LogP contribution >= 0.6 is 23.5 Å². The van der Waals surface area contributed by atoms with Crippen LogP contribution in [0.4, 0.5) is 0 Å². The molecule has 0 aliphatic heterocycles. The number of thioether (sulfide) groups is 2. The maximum atomic E-state index is 13.1. The molecular formula is C32H36N4O4S4. The molecule has 1 aliphatic carbocycles. The summed E-state index contributed by atoms with van der Waals surface area (Å²) in [5.41, 5.74) is 3.39. The van der Waals surface area contributed by atoms with Gasteiger partial charge in [0, 0.05) is 23.7 Å². The maximum Gasteiger partial charge on any atom is 0.248 e. The summed E-state index contributed by atoms with van der Waals surface area (Å²) in [6.07, 6.45) is 0. The lowest BCUT2D eigenvalue weighted by Gasteiger charge is -2.52. The molecule has 0 bridgehead atoms. The van der Waals surface area contributed by atoms with Crippen molar-refractivity contribution < 1.29 is 16.8 Å². The van der Waals surface area contributed by atoms with Crippen LogP contribution < -0.4 is 0 Å². The summed E-state index contributed by atoms with van der Waals surface area (Å²) >= 11 is 2.89. The molecule has 0 N–H and O–H groups in total. The third-order valence-corrected chi connectivity index (χ3v) is 12.6. The first-order valence-corrected chi connectivity index (χ1v) is 20.0. The monoisotopic (exact) mass is 668 g/mol. The highest BCUT2D eigenvalue weighted by molar-refractivity contribution is 7.99. The van der Waals surface area contributed by atoms with E-state index in [1.807, 2.05) is 56.3 Å². The van der Waals surface area contributed by atoms with Crippen LogP contribution in [0.15, 0.2) is 93.2 Å². The molecule has 2 heterocycles. The van der Waals surface area contributed by atoms with Crippen LogP contribution in [-0.2, 0) is 19.7 Å². The van der Waals surface area contributed by atoms with Gasteiger partial charge in [-0.2, -0.15) is 0 Å². The zero-order chi connectivity index (χ0) is 31.5.